The minimum Gasteiger partial charge on any atom is -0.353 e. The average molecular weight is 331 g/mol. The van der Waals surface area contributed by atoms with E-state index in [1.165, 1.54) is 0 Å². The summed E-state index contributed by atoms with van der Waals surface area (Å²) in [6, 6.07) is 3.80. The SMILES string of the molecule is CNCCC(=O)Nc1ccc(N2CCN(C(=O)C3CC3)CC2)nc1. The van der Waals surface area contributed by atoms with Crippen LogP contribution in [-0.2, 0) is 9.59 Å². The highest BCUT2D eigenvalue weighted by molar-refractivity contribution is 5.90. The molecule has 1 aromatic rings. The van der Waals surface area contributed by atoms with Gasteiger partial charge in [0, 0.05) is 45.1 Å². The van der Waals surface area contributed by atoms with E-state index in [2.05, 4.69) is 20.5 Å². The Morgan fingerprint density at radius 1 is 1.21 bits per heavy atom. The maximum atomic E-state index is 12.1. The lowest BCUT2D eigenvalue weighted by Crippen LogP contribution is -2.49. The number of amides is 2. The Hall–Kier alpha value is -2.15. The van der Waals surface area contributed by atoms with E-state index >= 15 is 0 Å². The molecule has 3 rings (SSSR count). The Morgan fingerprint density at radius 2 is 1.96 bits per heavy atom. The molecule has 1 aromatic heterocycles. The van der Waals surface area contributed by atoms with Crippen LogP contribution in [0, 0.1) is 5.92 Å². The van der Waals surface area contributed by atoms with Crippen LogP contribution in [0.15, 0.2) is 18.3 Å². The number of rotatable bonds is 6. The van der Waals surface area contributed by atoms with E-state index < -0.39 is 0 Å². The second kappa shape index (κ2) is 7.61. The molecular weight excluding hydrogens is 306 g/mol. The molecule has 0 aromatic carbocycles. The molecule has 1 aliphatic heterocycles. The minimum absolute atomic E-state index is 0.0221. The van der Waals surface area contributed by atoms with Gasteiger partial charge in [-0.05, 0) is 32.0 Å². The van der Waals surface area contributed by atoms with Crippen LogP contribution in [0.25, 0.3) is 0 Å². The third-order valence-corrected chi connectivity index (χ3v) is 4.48. The molecule has 2 fully saturated rings. The molecule has 0 bridgehead atoms. The maximum Gasteiger partial charge on any atom is 0.225 e. The highest BCUT2D eigenvalue weighted by atomic mass is 16.2. The van der Waals surface area contributed by atoms with Gasteiger partial charge in [-0.3, -0.25) is 9.59 Å². The van der Waals surface area contributed by atoms with Gasteiger partial charge >= 0.3 is 0 Å². The smallest absolute Gasteiger partial charge is 0.225 e. The summed E-state index contributed by atoms with van der Waals surface area (Å²) in [5.74, 6) is 1.48. The normalized spacial score (nSPS) is 17.7. The van der Waals surface area contributed by atoms with Crippen LogP contribution in [0.2, 0.25) is 0 Å². The number of hydrogen-bond donors (Lipinski definition) is 2. The van der Waals surface area contributed by atoms with Crippen molar-refractivity contribution in [2.75, 3.05) is 50.0 Å². The Kier molecular flexibility index (Phi) is 5.30. The van der Waals surface area contributed by atoms with Gasteiger partial charge in [0.15, 0.2) is 0 Å². The van der Waals surface area contributed by atoms with Gasteiger partial charge in [0.25, 0.3) is 0 Å². The molecule has 1 saturated heterocycles. The van der Waals surface area contributed by atoms with Gasteiger partial charge in [-0.25, -0.2) is 4.98 Å². The van der Waals surface area contributed by atoms with Crippen LogP contribution in [0.1, 0.15) is 19.3 Å². The molecule has 0 unspecified atom stereocenters. The van der Waals surface area contributed by atoms with Gasteiger partial charge in [-0.1, -0.05) is 0 Å². The van der Waals surface area contributed by atoms with Crippen LogP contribution in [-0.4, -0.2) is 61.5 Å². The van der Waals surface area contributed by atoms with Crippen LogP contribution in [0.3, 0.4) is 0 Å². The first-order chi connectivity index (χ1) is 11.7. The van der Waals surface area contributed by atoms with E-state index in [0.717, 1.165) is 44.8 Å². The second-order valence-corrected chi connectivity index (χ2v) is 6.39. The quantitative estimate of drug-likeness (QED) is 0.802. The molecule has 1 saturated carbocycles. The monoisotopic (exact) mass is 331 g/mol. The fraction of sp³-hybridized carbons (Fsp3) is 0.588. The summed E-state index contributed by atoms with van der Waals surface area (Å²) in [5, 5.41) is 5.78. The van der Waals surface area contributed by atoms with E-state index in [9.17, 15) is 9.59 Å². The van der Waals surface area contributed by atoms with Crippen molar-refractivity contribution in [1.29, 1.82) is 0 Å². The van der Waals surface area contributed by atoms with Gasteiger partial charge in [0.1, 0.15) is 5.82 Å². The first-order valence-corrected chi connectivity index (χ1v) is 8.61. The van der Waals surface area contributed by atoms with Crippen molar-refractivity contribution in [1.82, 2.24) is 15.2 Å². The fourth-order valence-electron chi connectivity index (χ4n) is 2.85. The second-order valence-electron chi connectivity index (χ2n) is 6.39. The standard InChI is InChI=1S/C17H25N5O2/c1-18-7-6-16(23)20-14-4-5-15(19-12-14)21-8-10-22(11-9-21)17(24)13-2-3-13/h4-5,12-13,18H,2-3,6-11H2,1H3,(H,20,23). The predicted molar refractivity (Wildman–Crippen MR) is 92.9 cm³/mol. The predicted octanol–water partition coefficient (Wildman–Crippen LogP) is 0.688. The fourth-order valence-corrected chi connectivity index (χ4v) is 2.85. The van der Waals surface area contributed by atoms with Crippen LogP contribution < -0.4 is 15.5 Å². The number of pyridine rings is 1. The highest BCUT2D eigenvalue weighted by Crippen LogP contribution is 2.31. The largest absolute Gasteiger partial charge is 0.353 e. The summed E-state index contributed by atoms with van der Waals surface area (Å²) in [6.45, 7) is 3.79. The third-order valence-electron chi connectivity index (χ3n) is 4.48. The van der Waals surface area contributed by atoms with Crippen molar-refractivity contribution in [2.45, 2.75) is 19.3 Å². The zero-order valence-electron chi connectivity index (χ0n) is 14.1. The van der Waals surface area contributed by atoms with Crippen molar-refractivity contribution in [3.05, 3.63) is 18.3 Å². The average Bonchev–Trinajstić information content (AvgIpc) is 3.45. The van der Waals surface area contributed by atoms with Crippen molar-refractivity contribution in [3.63, 3.8) is 0 Å². The molecule has 7 nitrogen and oxygen atoms in total. The Bertz CT molecular complexity index is 577. The molecule has 2 amide bonds. The molecule has 0 atom stereocenters. The lowest BCUT2D eigenvalue weighted by atomic mass is 10.2. The summed E-state index contributed by atoms with van der Waals surface area (Å²) in [5.41, 5.74) is 0.711. The number of nitrogens with zero attached hydrogens (tertiary/aromatic N) is 3. The van der Waals surface area contributed by atoms with Gasteiger partial charge < -0.3 is 20.4 Å². The van der Waals surface area contributed by atoms with Gasteiger partial charge in [-0.15, -0.1) is 0 Å². The van der Waals surface area contributed by atoms with Crippen LogP contribution >= 0.6 is 0 Å². The topological polar surface area (TPSA) is 77.6 Å². The number of anilines is 2. The lowest BCUT2D eigenvalue weighted by molar-refractivity contribution is -0.132. The van der Waals surface area contributed by atoms with Gasteiger partial charge in [-0.2, -0.15) is 0 Å². The number of carbonyl (C=O) groups excluding carboxylic acids is 2. The first kappa shape index (κ1) is 16.7. The number of nitrogens with one attached hydrogen (secondary N) is 2. The van der Waals surface area contributed by atoms with Crippen molar-refractivity contribution < 1.29 is 9.59 Å². The summed E-state index contributed by atoms with van der Waals surface area (Å²) in [4.78, 5) is 32.4. The van der Waals surface area contributed by atoms with Crippen LogP contribution in [0.4, 0.5) is 11.5 Å². The zero-order chi connectivity index (χ0) is 16.9. The van der Waals surface area contributed by atoms with Crippen LogP contribution in [0.5, 0.6) is 0 Å². The Balaban J connectivity index is 1.49. The first-order valence-electron chi connectivity index (χ1n) is 8.61. The Morgan fingerprint density at radius 3 is 2.54 bits per heavy atom. The highest BCUT2D eigenvalue weighted by Gasteiger charge is 2.34. The zero-order valence-corrected chi connectivity index (χ0v) is 14.1. The lowest BCUT2D eigenvalue weighted by Gasteiger charge is -2.35. The number of aromatic nitrogens is 1. The minimum atomic E-state index is -0.0221. The molecule has 130 valence electrons. The van der Waals surface area contributed by atoms with E-state index in [0.29, 0.717) is 30.5 Å². The third kappa shape index (κ3) is 4.23. The molecule has 2 N–H and O–H groups in total. The number of hydrogen-bond acceptors (Lipinski definition) is 5. The summed E-state index contributed by atoms with van der Waals surface area (Å²) in [7, 11) is 1.82. The number of carbonyl (C=O) groups is 2. The maximum absolute atomic E-state index is 12.1. The molecule has 1 aliphatic carbocycles. The van der Waals surface area contributed by atoms with E-state index in [-0.39, 0.29) is 5.91 Å². The van der Waals surface area contributed by atoms with Crippen molar-refractivity contribution in [2.24, 2.45) is 5.92 Å². The molecule has 24 heavy (non-hydrogen) atoms. The van der Waals surface area contributed by atoms with E-state index in [1.54, 1.807) is 6.20 Å². The summed E-state index contributed by atoms with van der Waals surface area (Å²) in [6.07, 6.45) is 4.24. The summed E-state index contributed by atoms with van der Waals surface area (Å²) >= 11 is 0. The molecule has 2 aliphatic rings. The summed E-state index contributed by atoms with van der Waals surface area (Å²) < 4.78 is 0. The Labute approximate surface area is 142 Å². The molecule has 0 spiro atoms. The molecule has 2 heterocycles. The van der Waals surface area contributed by atoms with E-state index in [4.69, 9.17) is 0 Å². The number of piperazine rings is 1. The van der Waals surface area contributed by atoms with Gasteiger partial charge in [0.2, 0.25) is 11.8 Å². The van der Waals surface area contributed by atoms with Gasteiger partial charge in [0.05, 0.1) is 11.9 Å². The molecular formula is C17H25N5O2. The molecule has 7 heteroatoms. The van der Waals surface area contributed by atoms with Crippen molar-refractivity contribution in [3.8, 4) is 0 Å². The molecule has 0 radical (unpaired) electrons. The van der Waals surface area contributed by atoms with Crippen molar-refractivity contribution >= 4 is 23.3 Å². The van der Waals surface area contributed by atoms with E-state index in [1.807, 2.05) is 24.1 Å².